The molecule has 5 heteroatoms. The fourth-order valence-electron chi connectivity index (χ4n) is 3.27. The van der Waals surface area contributed by atoms with Crippen LogP contribution in [-0.4, -0.2) is 35.4 Å². The molecular formula is C20H30O5. The number of ether oxygens (including phenoxy) is 2. The van der Waals surface area contributed by atoms with E-state index in [1.165, 1.54) is 0 Å². The summed E-state index contributed by atoms with van der Waals surface area (Å²) in [5, 5.41) is 10.4. The van der Waals surface area contributed by atoms with Crippen LogP contribution in [-0.2, 0) is 19.1 Å². The summed E-state index contributed by atoms with van der Waals surface area (Å²) in [4.78, 5) is 24.2. The number of carbonyl (C=O) groups is 2. The van der Waals surface area contributed by atoms with E-state index in [4.69, 9.17) is 9.47 Å². The second-order valence-electron chi connectivity index (χ2n) is 7.43. The standard InChI is InChI=1S/C20H30O5/c1-6-11(2)19(22)24-17-8-7-12(3)16(21)10-15-14(5)20(23)25-18(15)9-13(17)4/h7,9,11,14-18,21H,6,8,10H2,1-5H3/t11?,14?,15-,16+,17?,18?/m0/s1. The molecule has 0 aromatic rings. The van der Waals surface area contributed by atoms with Crippen LogP contribution in [0.5, 0.6) is 0 Å². The molecule has 0 radical (unpaired) electrons. The van der Waals surface area contributed by atoms with Gasteiger partial charge in [0.05, 0.1) is 17.9 Å². The van der Waals surface area contributed by atoms with Crippen LogP contribution >= 0.6 is 0 Å². The minimum absolute atomic E-state index is 0.0789. The Morgan fingerprint density at radius 2 is 2.08 bits per heavy atom. The van der Waals surface area contributed by atoms with Crippen LogP contribution in [0.1, 0.15) is 53.9 Å². The van der Waals surface area contributed by atoms with Crippen molar-refractivity contribution in [2.24, 2.45) is 17.8 Å². The normalized spacial score (nSPS) is 34.3. The number of rotatable bonds is 3. The van der Waals surface area contributed by atoms with Crippen LogP contribution < -0.4 is 0 Å². The Hall–Kier alpha value is -1.62. The van der Waals surface area contributed by atoms with Gasteiger partial charge in [0.1, 0.15) is 12.2 Å². The molecule has 25 heavy (non-hydrogen) atoms. The fraction of sp³-hybridized carbons (Fsp3) is 0.700. The van der Waals surface area contributed by atoms with E-state index in [0.29, 0.717) is 12.8 Å². The number of esters is 2. The van der Waals surface area contributed by atoms with E-state index in [-0.39, 0.29) is 35.8 Å². The van der Waals surface area contributed by atoms with Crippen LogP contribution in [0.4, 0.5) is 0 Å². The van der Waals surface area contributed by atoms with Gasteiger partial charge >= 0.3 is 11.9 Å². The third-order valence-electron chi connectivity index (χ3n) is 5.57. The van der Waals surface area contributed by atoms with Crippen molar-refractivity contribution in [2.75, 3.05) is 0 Å². The quantitative estimate of drug-likeness (QED) is 0.625. The lowest BCUT2D eigenvalue weighted by Crippen LogP contribution is -2.28. The second kappa shape index (κ2) is 8.17. The first-order valence-electron chi connectivity index (χ1n) is 9.18. The lowest BCUT2D eigenvalue weighted by atomic mass is 9.83. The van der Waals surface area contributed by atoms with Gasteiger partial charge in [0.25, 0.3) is 0 Å². The second-order valence-corrected chi connectivity index (χ2v) is 7.43. The van der Waals surface area contributed by atoms with Crippen molar-refractivity contribution in [3.63, 3.8) is 0 Å². The maximum atomic E-state index is 12.2. The van der Waals surface area contributed by atoms with Crippen LogP contribution in [0.2, 0.25) is 0 Å². The Labute approximate surface area is 150 Å². The van der Waals surface area contributed by atoms with Gasteiger partial charge in [-0.3, -0.25) is 9.59 Å². The maximum absolute atomic E-state index is 12.2. The van der Waals surface area contributed by atoms with E-state index in [9.17, 15) is 14.7 Å². The van der Waals surface area contributed by atoms with Gasteiger partial charge in [-0.1, -0.05) is 26.8 Å². The zero-order chi connectivity index (χ0) is 18.7. The Balaban J connectivity index is 2.30. The maximum Gasteiger partial charge on any atom is 0.309 e. The van der Waals surface area contributed by atoms with Crippen molar-refractivity contribution in [3.8, 4) is 0 Å². The molecule has 1 N–H and O–H groups in total. The van der Waals surface area contributed by atoms with E-state index in [1.807, 2.05) is 46.8 Å². The molecule has 0 bridgehead atoms. The van der Waals surface area contributed by atoms with Crippen LogP contribution in [0.15, 0.2) is 23.3 Å². The Bertz CT molecular complexity index is 577. The molecule has 4 unspecified atom stereocenters. The molecule has 2 aliphatic rings. The molecule has 0 spiro atoms. The summed E-state index contributed by atoms with van der Waals surface area (Å²) in [6, 6.07) is 0. The van der Waals surface area contributed by atoms with E-state index >= 15 is 0 Å². The summed E-state index contributed by atoms with van der Waals surface area (Å²) in [6.45, 7) is 9.42. The molecule has 0 aromatic carbocycles. The van der Waals surface area contributed by atoms with Crippen molar-refractivity contribution in [2.45, 2.75) is 72.2 Å². The molecule has 2 rings (SSSR count). The fourth-order valence-corrected chi connectivity index (χ4v) is 3.27. The Morgan fingerprint density at radius 1 is 1.40 bits per heavy atom. The lowest BCUT2D eigenvalue weighted by molar-refractivity contribution is -0.152. The van der Waals surface area contributed by atoms with E-state index in [2.05, 4.69) is 0 Å². The lowest BCUT2D eigenvalue weighted by Gasteiger charge is -2.26. The summed E-state index contributed by atoms with van der Waals surface area (Å²) in [7, 11) is 0. The van der Waals surface area contributed by atoms with Gasteiger partial charge in [0.15, 0.2) is 0 Å². The average molecular weight is 350 g/mol. The third-order valence-corrected chi connectivity index (χ3v) is 5.57. The Morgan fingerprint density at radius 3 is 2.72 bits per heavy atom. The van der Waals surface area contributed by atoms with Crippen molar-refractivity contribution in [3.05, 3.63) is 23.3 Å². The SMILES string of the molecule is CCC(C)C(=O)OC1CC=C(C)[C@H](O)C[C@@H]2C(C=C1C)OC(=O)C2C. The molecular weight excluding hydrogens is 320 g/mol. The molecule has 1 saturated heterocycles. The van der Waals surface area contributed by atoms with Crippen LogP contribution in [0.3, 0.4) is 0 Å². The first kappa shape index (κ1) is 19.7. The van der Waals surface area contributed by atoms with Crippen molar-refractivity contribution >= 4 is 11.9 Å². The molecule has 0 saturated carbocycles. The molecule has 1 fully saturated rings. The molecule has 5 nitrogen and oxygen atoms in total. The summed E-state index contributed by atoms with van der Waals surface area (Å²) in [5.74, 6) is -0.949. The van der Waals surface area contributed by atoms with E-state index in [0.717, 1.165) is 17.6 Å². The number of hydrogen-bond donors (Lipinski definition) is 1. The smallest absolute Gasteiger partial charge is 0.309 e. The van der Waals surface area contributed by atoms with Gasteiger partial charge in [0.2, 0.25) is 0 Å². The number of hydrogen-bond acceptors (Lipinski definition) is 5. The summed E-state index contributed by atoms with van der Waals surface area (Å²) in [5.41, 5.74) is 1.72. The highest BCUT2D eigenvalue weighted by Gasteiger charge is 2.42. The van der Waals surface area contributed by atoms with Gasteiger partial charge in [-0.15, -0.1) is 0 Å². The predicted octanol–water partition coefficient (Wildman–Crippen LogP) is 3.17. The van der Waals surface area contributed by atoms with Crippen LogP contribution in [0, 0.1) is 17.8 Å². The monoisotopic (exact) mass is 350 g/mol. The summed E-state index contributed by atoms with van der Waals surface area (Å²) in [6.07, 6.45) is 4.13. The summed E-state index contributed by atoms with van der Waals surface area (Å²) < 4.78 is 11.2. The molecule has 1 heterocycles. The van der Waals surface area contributed by atoms with Crippen LogP contribution in [0.25, 0.3) is 0 Å². The minimum atomic E-state index is -0.623. The van der Waals surface area contributed by atoms with Gasteiger partial charge in [-0.2, -0.15) is 0 Å². The Kier molecular flexibility index (Phi) is 6.44. The molecule has 1 aliphatic carbocycles. The van der Waals surface area contributed by atoms with E-state index in [1.54, 1.807) is 0 Å². The van der Waals surface area contributed by atoms with E-state index < -0.39 is 12.2 Å². The average Bonchev–Trinajstić information content (AvgIpc) is 2.83. The highest BCUT2D eigenvalue weighted by molar-refractivity contribution is 5.75. The molecule has 6 atom stereocenters. The molecule has 0 amide bonds. The largest absolute Gasteiger partial charge is 0.458 e. The first-order chi connectivity index (χ1) is 11.7. The molecule has 140 valence electrons. The third kappa shape index (κ3) is 4.51. The zero-order valence-corrected chi connectivity index (χ0v) is 15.8. The van der Waals surface area contributed by atoms with Crippen molar-refractivity contribution in [1.29, 1.82) is 0 Å². The first-order valence-corrected chi connectivity index (χ1v) is 9.18. The highest BCUT2D eigenvalue weighted by Crippen LogP contribution is 2.35. The van der Waals surface area contributed by atoms with Crippen molar-refractivity contribution in [1.82, 2.24) is 0 Å². The number of fused-ring (bicyclic) bond motifs is 1. The van der Waals surface area contributed by atoms with Gasteiger partial charge in [-0.25, -0.2) is 0 Å². The van der Waals surface area contributed by atoms with Gasteiger partial charge < -0.3 is 14.6 Å². The molecule has 1 aliphatic heterocycles. The highest BCUT2D eigenvalue weighted by atomic mass is 16.6. The minimum Gasteiger partial charge on any atom is -0.458 e. The zero-order valence-electron chi connectivity index (χ0n) is 15.8. The number of aliphatic hydroxyl groups excluding tert-OH is 1. The predicted molar refractivity (Wildman–Crippen MR) is 94.6 cm³/mol. The summed E-state index contributed by atoms with van der Waals surface area (Å²) >= 11 is 0. The number of aliphatic hydroxyl groups is 1. The number of carbonyl (C=O) groups excluding carboxylic acids is 2. The van der Waals surface area contributed by atoms with Gasteiger partial charge in [-0.05, 0) is 43.9 Å². The topological polar surface area (TPSA) is 72.8 Å². The van der Waals surface area contributed by atoms with Gasteiger partial charge in [0, 0.05) is 12.3 Å². The van der Waals surface area contributed by atoms with Crippen molar-refractivity contribution < 1.29 is 24.2 Å². The molecule has 0 aromatic heterocycles.